The second kappa shape index (κ2) is 6.64. The maximum Gasteiger partial charge on any atom is 0.138 e. The standard InChI is InChI=1S/C22H27N3/c1-15-12-18(14-25-11-7-6-8-16(25)2)17(3)19(13-15)22-23-20-9-4-5-10-21(20)24-22/h4-5,9-10,12-13,16H,6-8,11,14H2,1-3H3,(H,23,24). The summed E-state index contributed by atoms with van der Waals surface area (Å²) in [7, 11) is 0. The summed E-state index contributed by atoms with van der Waals surface area (Å²) in [6, 6.07) is 13.5. The largest absolute Gasteiger partial charge is 0.338 e. The van der Waals surface area contributed by atoms with Crippen LogP contribution in [0.5, 0.6) is 0 Å². The van der Waals surface area contributed by atoms with Gasteiger partial charge in [0.1, 0.15) is 5.82 Å². The zero-order valence-electron chi connectivity index (χ0n) is 15.5. The first-order chi connectivity index (χ1) is 12.1. The van der Waals surface area contributed by atoms with Gasteiger partial charge < -0.3 is 4.98 Å². The van der Waals surface area contributed by atoms with Gasteiger partial charge in [0.15, 0.2) is 0 Å². The van der Waals surface area contributed by atoms with E-state index in [0.29, 0.717) is 6.04 Å². The van der Waals surface area contributed by atoms with Gasteiger partial charge in [-0.15, -0.1) is 0 Å². The molecule has 1 saturated heterocycles. The Morgan fingerprint density at radius 2 is 2.00 bits per heavy atom. The Labute approximate surface area is 150 Å². The van der Waals surface area contributed by atoms with Crippen molar-refractivity contribution in [1.82, 2.24) is 14.9 Å². The van der Waals surface area contributed by atoms with Crippen LogP contribution in [0.1, 0.15) is 42.9 Å². The number of hydrogen-bond donors (Lipinski definition) is 1. The number of benzene rings is 2. The number of piperidine rings is 1. The van der Waals surface area contributed by atoms with Crippen LogP contribution in [0.2, 0.25) is 0 Å². The maximum absolute atomic E-state index is 4.82. The van der Waals surface area contributed by atoms with Crippen LogP contribution in [0.3, 0.4) is 0 Å². The van der Waals surface area contributed by atoms with Crippen LogP contribution in [-0.4, -0.2) is 27.5 Å². The lowest BCUT2D eigenvalue weighted by molar-refractivity contribution is 0.152. The highest BCUT2D eigenvalue weighted by Gasteiger charge is 2.20. The van der Waals surface area contributed by atoms with E-state index in [4.69, 9.17) is 4.98 Å². The summed E-state index contributed by atoms with van der Waals surface area (Å²) in [5.74, 6) is 0.982. The maximum atomic E-state index is 4.82. The van der Waals surface area contributed by atoms with Crippen LogP contribution in [0.4, 0.5) is 0 Å². The summed E-state index contributed by atoms with van der Waals surface area (Å²) in [6.07, 6.45) is 4.02. The Balaban J connectivity index is 1.72. The Hall–Kier alpha value is -2.13. The molecule has 3 aromatic rings. The molecule has 1 fully saturated rings. The smallest absolute Gasteiger partial charge is 0.138 e. The zero-order chi connectivity index (χ0) is 17.4. The third kappa shape index (κ3) is 3.21. The number of aromatic nitrogens is 2. The average Bonchev–Trinajstić information content (AvgIpc) is 3.03. The number of imidazole rings is 1. The second-order valence-corrected chi connectivity index (χ2v) is 7.51. The van der Waals surface area contributed by atoms with Crippen molar-refractivity contribution in [1.29, 1.82) is 0 Å². The molecule has 25 heavy (non-hydrogen) atoms. The van der Waals surface area contributed by atoms with Crippen molar-refractivity contribution in [3.05, 3.63) is 53.1 Å². The van der Waals surface area contributed by atoms with Gasteiger partial charge in [0.25, 0.3) is 0 Å². The molecule has 4 rings (SSSR count). The summed E-state index contributed by atoms with van der Waals surface area (Å²) >= 11 is 0. The van der Waals surface area contributed by atoms with Gasteiger partial charge in [-0.2, -0.15) is 0 Å². The minimum atomic E-state index is 0.684. The highest BCUT2D eigenvalue weighted by molar-refractivity contribution is 5.80. The minimum Gasteiger partial charge on any atom is -0.338 e. The molecule has 0 amide bonds. The number of aryl methyl sites for hydroxylation is 1. The molecule has 3 nitrogen and oxygen atoms in total. The fraction of sp³-hybridized carbons (Fsp3) is 0.409. The Morgan fingerprint density at radius 1 is 1.16 bits per heavy atom. The first-order valence-electron chi connectivity index (χ1n) is 9.41. The molecule has 130 valence electrons. The van der Waals surface area contributed by atoms with Crippen LogP contribution in [0.25, 0.3) is 22.4 Å². The summed E-state index contributed by atoms with van der Waals surface area (Å²) < 4.78 is 0. The van der Waals surface area contributed by atoms with E-state index in [-0.39, 0.29) is 0 Å². The molecular formula is C22H27N3. The van der Waals surface area contributed by atoms with Crippen LogP contribution in [0, 0.1) is 13.8 Å². The van der Waals surface area contributed by atoms with Gasteiger partial charge in [0, 0.05) is 18.2 Å². The first-order valence-corrected chi connectivity index (χ1v) is 9.41. The van der Waals surface area contributed by atoms with Crippen molar-refractivity contribution in [2.24, 2.45) is 0 Å². The fourth-order valence-corrected chi connectivity index (χ4v) is 4.04. The number of fused-ring (bicyclic) bond motifs is 1. The molecule has 0 saturated carbocycles. The number of nitrogens with zero attached hydrogens (tertiary/aromatic N) is 2. The molecule has 1 aliphatic rings. The van der Waals surface area contributed by atoms with Crippen LogP contribution in [-0.2, 0) is 6.54 Å². The number of rotatable bonds is 3. The Morgan fingerprint density at radius 3 is 2.80 bits per heavy atom. The van der Waals surface area contributed by atoms with Crippen molar-refractivity contribution in [2.45, 2.75) is 52.6 Å². The topological polar surface area (TPSA) is 31.9 Å². The quantitative estimate of drug-likeness (QED) is 0.712. The number of para-hydroxylation sites is 2. The molecule has 0 spiro atoms. The molecule has 1 atom stereocenters. The molecule has 0 bridgehead atoms. The van der Waals surface area contributed by atoms with Gasteiger partial charge in [-0.1, -0.05) is 30.2 Å². The molecule has 1 N–H and O–H groups in total. The van der Waals surface area contributed by atoms with E-state index in [1.54, 1.807) is 0 Å². The van der Waals surface area contributed by atoms with E-state index in [1.165, 1.54) is 48.1 Å². The van der Waals surface area contributed by atoms with Crippen LogP contribution >= 0.6 is 0 Å². The molecule has 3 heteroatoms. The third-order valence-electron chi connectivity index (χ3n) is 5.62. The second-order valence-electron chi connectivity index (χ2n) is 7.51. The molecule has 2 heterocycles. The fourth-order valence-electron chi connectivity index (χ4n) is 4.04. The van der Waals surface area contributed by atoms with Crippen molar-refractivity contribution < 1.29 is 0 Å². The number of hydrogen-bond acceptors (Lipinski definition) is 2. The van der Waals surface area contributed by atoms with Crippen molar-refractivity contribution >= 4 is 11.0 Å². The lowest BCUT2D eigenvalue weighted by atomic mass is 9.96. The van der Waals surface area contributed by atoms with Crippen molar-refractivity contribution in [3.63, 3.8) is 0 Å². The van der Waals surface area contributed by atoms with Gasteiger partial charge in [0.05, 0.1) is 11.0 Å². The Kier molecular flexibility index (Phi) is 4.34. The predicted octanol–water partition coefficient (Wildman–Crippen LogP) is 5.22. The monoisotopic (exact) mass is 333 g/mol. The molecule has 2 aromatic carbocycles. The summed E-state index contributed by atoms with van der Waals surface area (Å²) in [5, 5.41) is 0. The molecular weight excluding hydrogens is 306 g/mol. The highest BCUT2D eigenvalue weighted by atomic mass is 15.2. The summed E-state index contributed by atoms with van der Waals surface area (Å²) in [5.41, 5.74) is 7.46. The van der Waals surface area contributed by atoms with Gasteiger partial charge >= 0.3 is 0 Å². The van der Waals surface area contributed by atoms with Crippen LogP contribution < -0.4 is 0 Å². The normalized spacial score (nSPS) is 18.8. The molecule has 1 aliphatic heterocycles. The predicted molar refractivity (Wildman–Crippen MR) is 105 cm³/mol. The highest BCUT2D eigenvalue weighted by Crippen LogP contribution is 2.29. The van der Waals surface area contributed by atoms with E-state index in [9.17, 15) is 0 Å². The van der Waals surface area contributed by atoms with E-state index in [0.717, 1.165) is 23.4 Å². The summed E-state index contributed by atoms with van der Waals surface area (Å²) in [4.78, 5) is 10.9. The number of aromatic amines is 1. The van der Waals surface area contributed by atoms with Gasteiger partial charge in [-0.25, -0.2) is 4.98 Å². The van der Waals surface area contributed by atoms with Crippen molar-refractivity contribution in [3.8, 4) is 11.4 Å². The molecule has 0 radical (unpaired) electrons. The van der Waals surface area contributed by atoms with Gasteiger partial charge in [0.2, 0.25) is 0 Å². The average molecular weight is 333 g/mol. The van der Waals surface area contributed by atoms with E-state index in [2.05, 4.69) is 61.0 Å². The number of H-pyrrole nitrogens is 1. The third-order valence-corrected chi connectivity index (χ3v) is 5.62. The Bertz CT molecular complexity index is 860. The molecule has 1 unspecified atom stereocenters. The van der Waals surface area contributed by atoms with Gasteiger partial charge in [-0.3, -0.25) is 4.90 Å². The summed E-state index contributed by atoms with van der Waals surface area (Å²) in [6.45, 7) is 9.06. The number of nitrogens with one attached hydrogen (secondary N) is 1. The van der Waals surface area contributed by atoms with Gasteiger partial charge in [-0.05, 0) is 69.5 Å². The molecule has 0 aliphatic carbocycles. The number of likely N-dealkylation sites (tertiary alicyclic amines) is 1. The van der Waals surface area contributed by atoms with Crippen molar-refractivity contribution in [2.75, 3.05) is 6.54 Å². The van der Waals surface area contributed by atoms with E-state index >= 15 is 0 Å². The lowest BCUT2D eigenvalue weighted by Gasteiger charge is -2.34. The zero-order valence-corrected chi connectivity index (χ0v) is 15.5. The van der Waals surface area contributed by atoms with E-state index in [1.807, 2.05) is 6.07 Å². The lowest BCUT2D eigenvalue weighted by Crippen LogP contribution is -2.36. The van der Waals surface area contributed by atoms with E-state index < -0.39 is 0 Å². The minimum absolute atomic E-state index is 0.684. The SMILES string of the molecule is Cc1cc(CN2CCCCC2C)c(C)c(-c2nc3ccccc3[nH]2)c1. The molecule has 1 aromatic heterocycles. The van der Waals surface area contributed by atoms with Crippen LogP contribution in [0.15, 0.2) is 36.4 Å². The first kappa shape index (κ1) is 16.3.